The number of hydrogen-bond donors (Lipinski definition) is 1. The second-order valence-electron chi connectivity index (χ2n) is 4.24. The average Bonchev–Trinajstić information content (AvgIpc) is 2.40. The lowest BCUT2D eigenvalue weighted by Gasteiger charge is -2.25. The summed E-state index contributed by atoms with van der Waals surface area (Å²) in [5.41, 5.74) is 2.45. The summed E-state index contributed by atoms with van der Waals surface area (Å²) >= 11 is 5.33. The van der Waals surface area contributed by atoms with Crippen molar-refractivity contribution in [3.05, 3.63) is 65.7 Å². The molecule has 1 aliphatic rings. The lowest BCUT2D eigenvalue weighted by Crippen LogP contribution is -2.32. The van der Waals surface area contributed by atoms with Gasteiger partial charge in [0.2, 0.25) is 0 Å². The van der Waals surface area contributed by atoms with E-state index >= 15 is 0 Å². The number of rotatable bonds is 1. The predicted molar refractivity (Wildman–Crippen MR) is 76.2 cm³/mol. The molecule has 0 saturated heterocycles. The quantitative estimate of drug-likeness (QED) is 0.790. The SMILES string of the molecule is O=C1c2ccccc2NC(=S)C1c1ccccc1. The molecule has 0 radical (unpaired) electrons. The van der Waals surface area contributed by atoms with E-state index < -0.39 is 0 Å². The van der Waals surface area contributed by atoms with Gasteiger partial charge in [0.05, 0.1) is 10.9 Å². The predicted octanol–water partition coefficient (Wildman–Crippen LogP) is 3.41. The zero-order chi connectivity index (χ0) is 12.5. The van der Waals surface area contributed by atoms with Gasteiger partial charge in [-0.2, -0.15) is 0 Å². The van der Waals surface area contributed by atoms with E-state index in [9.17, 15) is 4.79 Å². The molecule has 0 fully saturated rings. The maximum atomic E-state index is 12.5. The third kappa shape index (κ3) is 1.73. The van der Waals surface area contributed by atoms with E-state index in [0.29, 0.717) is 10.6 Å². The number of carbonyl (C=O) groups is 1. The van der Waals surface area contributed by atoms with Crippen LogP contribution in [-0.2, 0) is 0 Å². The van der Waals surface area contributed by atoms with Gasteiger partial charge in [-0.3, -0.25) is 4.79 Å². The van der Waals surface area contributed by atoms with Crippen molar-refractivity contribution in [2.24, 2.45) is 0 Å². The van der Waals surface area contributed by atoms with E-state index in [1.54, 1.807) is 0 Å². The summed E-state index contributed by atoms with van der Waals surface area (Å²) < 4.78 is 0. The van der Waals surface area contributed by atoms with Crippen LogP contribution in [0.5, 0.6) is 0 Å². The second-order valence-corrected chi connectivity index (χ2v) is 4.68. The molecule has 88 valence electrons. The standard InChI is InChI=1S/C15H11NOS/c17-14-11-8-4-5-9-12(11)16-15(18)13(14)10-6-2-1-3-7-10/h1-9,13H,(H,16,18). The maximum absolute atomic E-state index is 12.5. The molecule has 1 unspecified atom stereocenters. The Kier molecular flexibility index (Phi) is 2.68. The van der Waals surface area contributed by atoms with Crippen LogP contribution < -0.4 is 5.32 Å². The van der Waals surface area contributed by atoms with Crippen LogP contribution in [0.3, 0.4) is 0 Å². The monoisotopic (exact) mass is 253 g/mol. The first-order chi connectivity index (χ1) is 8.77. The Morgan fingerprint density at radius 1 is 0.944 bits per heavy atom. The highest BCUT2D eigenvalue weighted by molar-refractivity contribution is 7.80. The molecule has 1 atom stereocenters. The zero-order valence-electron chi connectivity index (χ0n) is 9.59. The highest BCUT2D eigenvalue weighted by Gasteiger charge is 2.32. The van der Waals surface area contributed by atoms with Crippen molar-refractivity contribution in [3.63, 3.8) is 0 Å². The van der Waals surface area contributed by atoms with Crippen molar-refractivity contribution < 1.29 is 4.79 Å². The number of ketones is 1. The van der Waals surface area contributed by atoms with Crippen LogP contribution in [0.4, 0.5) is 5.69 Å². The number of Topliss-reactive ketones (excluding diaryl/α,β-unsaturated/α-hetero) is 1. The highest BCUT2D eigenvalue weighted by atomic mass is 32.1. The molecule has 1 aliphatic heterocycles. The molecule has 1 heterocycles. The first-order valence-electron chi connectivity index (χ1n) is 5.76. The van der Waals surface area contributed by atoms with Crippen molar-refractivity contribution in [1.29, 1.82) is 0 Å². The minimum atomic E-state index is -0.365. The van der Waals surface area contributed by atoms with Crippen molar-refractivity contribution >= 4 is 28.7 Å². The summed E-state index contributed by atoms with van der Waals surface area (Å²) in [4.78, 5) is 13.1. The molecule has 1 N–H and O–H groups in total. The van der Waals surface area contributed by atoms with Crippen molar-refractivity contribution in [1.82, 2.24) is 0 Å². The Balaban J connectivity index is 2.09. The molecule has 18 heavy (non-hydrogen) atoms. The normalized spacial score (nSPS) is 18.1. The van der Waals surface area contributed by atoms with Gasteiger partial charge in [0, 0.05) is 11.3 Å². The van der Waals surface area contributed by atoms with Gasteiger partial charge >= 0.3 is 0 Å². The third-order valence-electron chi connectivity index (χ3n) is 3.11. The molecule has 2 aromatic carbocycles. The van der Waals surface area contributed by atoms with Crippen molar-refractivity contribution in [3.8, 4) is 0 Å². The van der Waals surface area contributed by atoms with Crippen LogP contribution in [-0.4, -0.2) is 10.8 Å². The fourth-order valence-electron chi connectivity index (χ4n) is 2.23. The number of nitrogens with one attached hydrogen (secondary N) is 1. The van der Waals surface area contributed by atoms with Gasteiger partial charge in [0.1, 0.15) is 0 Å². The van der Waals surface area contributed by atoms with Gasteiger partial charge in [-0.25, -0.2) is 0 Å². The number of fused-ring (bicyclic) bond motifs is 1. The number of thiocarbonyl (C=S) groups is 1. The fourth-order valence-corrected chi connectivity index (χ4v) is 2.59. The number of carbonyl (C=O) groups excluding carboxylic acids is 1. The Hall–Kier alpha value is -2.00. The van der Waals surface area contributed by atoms with Gasteiger partial charge in [0.25, 0.3) is 0 Å². The average molecular weight is 253 g/mol. The van der Waals surface area contributed by atoms with E-state index in [4.69, 9.17) is 12.2 Å². The molecular weight excluding hydrogens is 242 g/mol. The van der Waals surface area contributed by atoms with E-state index in [1.807, 2.05) is 54.6 Å². The Morgan fingerprint density at radius 2 is 1.61 bits per heavy atom. The lowest BCUT2D eigenvalue weighted by atomic mass is 9.87. The van der Waals surface area contributed by atoms with E-state index in [1.165, 1.54) is 0 Å². The first kappa shape index (κ1) is 11.1. The highest BCUT2D eigenvalue weighted by Crippen LogP contribution is 2.31. The van der Waals surface area contributed by atoms with E-state index in [0.717, 1.165) is 11.3 Å². The summed E-state index contributed by atoms with van der Waals surface area (Å²) in [5, 5.41) is 3.15. The second kappa shape index (κ2) is 4.35. The molecule has 0 bridgehead atoms. The molecular formula is C15H11NOS. The van der Waals surface area contributed by atoms with Gasteiger partial charge in [-0.15, -0.1) is 0 Å². The minimum absolute atomic E-state index is 0.0700. The molecule has 2 aromatic rings. The van der Waals surface area contributed by atoms with Gasteiger partial charge in [-0.1, -0.05) is 54.7 Å². The molecule has 0 spiro atoms. The molecule has 3 heteroatoms. The van der Waals surface area contributed by atoms with Crippen LogP contribution in [0.15, 0.2) is 54.6 Å². The van der Waals surface area contributed by atoms with Crippen LogP contribution in [0.2, 0.25) is 0 Å². The molecule has 0 amide bonds. The van der Waals surface area contributed by atoms with Crippen molar-refractivity contribution in [2.45, 2.75) is 5.92 Å². The Labute approximate surface area is 111 Å². The van der Waals surface area contributed by atoms with Crippen LogP contribution in [0.1, 0.15) is 21.8 Å². The number of para-hydroxylation sites is 1. The number of anilines is 1. The minimum Gasteiger partial charge on any atom is -0.349 e. The van der Waals surface area contributed by atoms with Crippen LogP contribution >= 0.6 is 12.2 Å². The van der Waals surface area contributed by atoms with Crippen LogP contribution in [0, 0.1) is 0 Å². The third-order valence-corrected chi connectivity index (χ3v) is 3.45. The molecule has 3 rings (SSSR count). The van der Waals surface area contributed by atoms with Crippen molar-refractivity contribution in [2.75, 3.05) is 5.32 Å². The molecule has 0 saturated carbocycles. The largest absolute Gasteiger partial charge is 0.349 e. The number of benzene rings is 2. The zero-order valence-corrected chi connectivity index (χ0v) is 10.4. The first-order valence-corrected chi connectivity index (χ1v) is 6.17. The van der Waals surface area contributed by atoms with Gasteiger partial charge < -0.3 is 5.32 Å². The maximum Gasteiger partial charge on any atom is 0.179 e. The van der Waals surface area contributed by atoms with Gasteiger partial charge in [0.15, 0.2) is 5.78 Å². The number of hydrogen-bond acceptors (Lipinski definition) is 2. The summed E-state index contributed by atoms with van der Waals surface area (Å²) in [5.74, 6) is -0.295. The van der Waals surface area contributed by atoms with E-state index in [2.05, 4.69) is 5.32 Å². The Morgan fingerprint density at radius 3 is 2.39 bits per heavy atom. The summed E-state index contributed by atoms with van der Waals surface area (Å²) in [6.45, 7) is 0. The lowest BCUT2D eigenvalue weighted by molar-refractivity contribution is 0.0982. The smallest absolute Gasteiger partial charge is 0.179 e. The topological polar surface area (TPSA) is 29.1 Å². The fraction of sp³-hybridized carbons (Fsp3) is 0.0667. The molecule has 0 aromatic heterocycles. The molecule has 2 nitrogen and oxygen atoms in total. The Bertz CT molecular complexity index is 621. The summed E-state index contributed by atoms with van der Waals surface area (Å²) in [6, 6.07) is 17.1. The summed E-state index contributed by atoms with van der Waals surface area (Å²) in [6.07, 6.45) is 0. The van der Waals surface area contributed by atoms with Crippen LogP contribution in [0.25, 0.3) is 0 Å². The summed E-state index contributed by atoms with van der Waals surface area (Å²) in [7, 11) is 0. The van der Waals surface area contributed by atoms with Gasteiger partial charge in [-0.05, 0) is 17.7 Å². The van der Waals surface area contributed by atoms with E-state index in [-0.39, 0.29) is 11.7 Å². The molecule has 0 aliphatic carbocycles.